The van der Waals surface area contributed by atoms with E-state index in [1.807, 2.05) is 24.3 Å². The molecule has 0 aliphatic carbocycles. The average molecular weight is 451 g/mol. The number of furan rings is 1. The minimum atomic E-state index is -3.69. The number of nitrogens with one attached hydrogen (secondary N) is 2. The van der Waals surface area contributed by atoms with Gasteiger partial charge in [-0.05, 0) is 60.7 Å². The van der Waals surface area contributed by atoms with Crippen LogP contribution in [0.5, 0.6) is 0 Å². The highest BCUT2D eigenvalue weighted by Gasteiger charge is 2.15. The maximum absolute atomic E-state index is 12.3. The van der Waals surface area contributed by atoms with Crippen molar-refractivity contribution in [3.8, 4) is 0 Å². The van der Waals surface area contributed by atoms with E-state index < -0.39 is 10.0 Å². The maximum atomic E-state index is 12.3. The van der Waals surface area contributed by atoms with Crippen LogP contribution in [0.2, 0.25) is 5.02 Å². The van der Waals surface area contributed by atoms with Gasteiger partial charge < -0.3 is 9.73 Å². The molecule has 0 fully saturated rings. The normalized spacial score (nSPS) is 11.3. The molecule has 0 aliphatic heterocycles. The second-order valence-electron chi connectivity index (χ2n) is 5.99. The van der Waals surface area contributed by atoms with Gasteiger partial charge in [0, 0.05) is 27.8 Å². The van der Waals surface area contributed by atoms with Crippen LogP contribution in [0.15, 0.2) is 81.1 Å². The van der Waals surface area contributed by atoms with Crippen LogP contribution in [0, 0.1) is 0 Å². The van der Waals surface area contributed by atoms with Crippen LogP contribution in [-0.2, 0) is 16.6 Å². The molecule has 2 aromatic carbocycles. The van der Waals surface area contributed by atoms with Crippen molar-refractivity contribution in [3.05, 3.63) is 83.3 Å². The molecule has 0 unspecified atom stereocenters. The van der Waals surface area contributed by atoms with Gasteiger partial charge in [0.2, 0.25) is 10.0 Å². The van der Waals surface area contributed by atoms with Crippen molar-refractivity contribution >= 4 is 39.3 Å². The van der Waals surface area contributed by atoms with Crippen LogP contribution in [0.1, 0.15) is 16.1 Å². The molecule has 29 heavy (non-hydrogen) atoms. The maximum Gasteiger partial charge on any atom is 0.251 e. The third kappa shape index (κ3) is 6.37. The Morgan fingerprint density at radius 1 is 1.03 bits per heavy atom. The van der Waals surface area contributed by atoms with Crippen LogP contribution in [0.4, 0.5) is 0 Å². The minimum absolute atomic E-state index is 0.0584. The number of rotatable bonds is 9. The molecule has 152 valence electrons. The number of carbonyl (C=O) groups excluding carboxylic acids is 1. The Balaban J connectivity index is 1.48. The number of amides is 1. The number of thioether (sulfide) groups is 1. The average Bonchev–Trinajstić information content (AvgIpc) is 3.25. The lowest BCUT2D eigenvalue weighted by Gasteiger charge is -2.08. The first kappa shape index (κ1) is 21.4. The summed E-state index contributed by atoms with van der Waals surface area (Å²) < 4.78 is 32.2. The fraction of sp³-hybridized carbons (Fsp3) is 0.150. The first-order valence-electron chi connectivity index (χ1n) is 8.73. The van der Waals surface area contributed by atoms with Gasteiger partial charge in [-0.15, -0.1) is 11.8 Å². The molecule has 0 saturated heterocycles. The summed E-state index contributed by atoms with van der Waals surface area (Å²) in [7, 11) is -3.69. The molecule has 1 aromatic heterocycles. The lowest BCUT2D eigenvalue weighted by Crippen LogP contribution is -2.26. The van der Waals surface area contributed by atoms with Crippen LogP contribution in [-0.4, -0.2) is 26.6 Å². The molecule has 0 atom stereocenters. The van der Waals surface area contributed by atoms with Crippen molar-refractivity contribution in [3.63, 3.8) is 0 Å². The molecule has 3 aromatic rings. The van der Waals surface area contributed by atoms with Gasteiger partial charge in [0.15, 0.2) is 0 Å². The van der Waals surface area contributed by atoms with Crippen molar-refractivity contribution in [1.29, 1.82) is 0 Å². The molecule has 9 heteroatoms. The highest BCUT2D eigenvalue weighted by molar-refractivity contribution is 7.99. The van der Waals surface area contributed by atoms with Gasteiger partial charge in [-0.3, -0.25) is 4.79 Å². The van der Waals surface area contributed by atoms with E-state index in [1.54, 1.807) is 23.9 Å². The number of sulfonamides is 1. The van der Waals surface area contributed by atoms with Gasteiger partial charge in [0.1, 0.15) is 5.76 Å². The topological polar surface area (TPSA) is 88.4 Å². The first-order valence-corrected chi connectivity index (χ1v) is 11.6. The van der Waals surface area contributed by atoms with E-state index >= 15 is 0 Å². The molecular weight excluding hydrogens is 432 g/mol. The molecule has 3 rings (SSSR count). The molecular formula is C20H19ClN2O4S2. The monoisotopic (exact) mass is 450 g/mol. The zero-order valence-electron chi connectivity index (χ0n) is 15.3. The second kappa shape index (κ2) is 9.98. The Kier molecular flexibility index (Phi) is 7.38. The van der Waals surface area contributed by atoms with Crippen LogP contribution in [0.3, 0.4) is 0 Å². The lowest BCUT2D eigenvalue weighted by molar-refractivity contribution is 0.0956. The number of hydrogen-bond acceptors (Lipinski definition) is 5. The highest BCUT2D eigenvalue weighted by atomic mass is 35.5. The zero-order valence-corrected chi connectivity index (χ0v) is 17.7. The Labute approximate surface area is 178 Å². The van der Waals surface area contributed by atoms with Gasteiger partial charge in [-0.25, -0.2) is 13.1 Å². The summed E-state index contributed by atoms with van der Waals surface area (Å²) in [5, 5.41) is 3.50. The minimum Gasteiger partial charge on any atom is -0.468 e. The number of carbonyl (C=O) groups is 1. The molecule has 0 saturated carbocycles. The van der Waals surface area contributed by atoms with Crippen molar-refractivity contribution in [2.75, 3.05) is 12.3 Å². The predicted molar refractivity (Wildman–Crippen MR) is 114 cm³/mol. The Morgan fingerprint density at radius 2 is 1.76 bits per heavy atom. The smallest absolute Gasteiger partial charge is 0.251 e. The van der Waals surface area contributed by atoms with Crippen molar-refractivity contribution < 1.29 is 17.6 Å². The van der Waals surface area contributed by atoms with Gasteiger partial charge in [-0.2, -0.15) is 0 Å². The number of halogens is 1. The molecule has 6 nitrogen and oxygen atoms in total. The first-order chi connectivity index (χ1) is 13.9. The molecule has 0 aliphatic rings. The molecule has 0 bridgehead atoms. The Hall–Kier alpha value is -2.26. The fourth-order valence-electron chi connectivity index (χ4n) is 2.41. The van der Waals surface area contributed by atoms with Crippen molar-refractivity contribution in [1.82, 2.24) is 10.0 Å². The third-order valence-corrected chi connectivity index (χ3v) is 6.60. The van der Waals surface area contributed by atoms with E-state index in [0.29, 0.717) is 28.6 Å². The Bertz CT molecular complexity index is 1040. The second-order valence-corrected chi connectivity index (χ2v) is 9.36. The largest absolute Gasteiger partial charge is 0.468 e. The molecule has 0 spiro atoms. The summed E-state index contributed by atoms with van der Waals surface area (Å²) >= 11 is 7.46. The van der Waals surface area contributed by atoms with E-state index in [1.165, 1.54) is 30.5 Å². The lowest BCUT2D eigenvalue weighted by atomic mass is 10.2. The quantitative estimate of drug-likeness (QED) is 0.381. The van der Waals surface area contributed by atoms with E-state index in [0.717, 1.165) is 4.90 Å². The highest BCUT2D eigenvalue weighted by Crippen LogP contribution is 2.19. The van der Waals surface area contributed by atoms with E-state index in [9.17, 15) is 13.2 Å². The van der Waals surface area contributed by atoms with Gasteiger partial charge >= 0.3 is 0 Å². The zero-order chi connectivity index (χ0) is 20.7. The van der Waals surface area contributed by atoms with Crippen LogP contribution < -0.4 is 10.0 Å². The predicted octanol–water partition coefficient (Wildman–Crippen LogP) is 3.93. The molecule has 1 amide bonds. The van der Waals surface area contributed by atoms with Gasteiger partial charge in [0.05, 0.1) is 17.7 Å². The summed E-state index contributed by atoms with van der Waals surface area (Å²) in [6, 6.07) is 16.6. The van der Waals surface area contributed by atoms with Crippen molar-refractivity contribution in [2.45, 2.75) is 16.3 Å². The molecule has 2 N–H and O–H groups in total. The summed E-state index contributed by atoms with van der Waals surface area (Å²) in [6.45, 7) is 0.541. The van der Waals surface area contributed by atoms with E-state index in [4.69, 9.17) is 16.0 Å². The summed E-state index contributed by atoms with van der Waals surface area (Å²) in [5.74, 6) is 0.964. The molecule has 1 heterocycles. The van der Waals surface area contributed by atoms with Gasteiger partial charge in [-0.1, -0.05) is 11.6 Å². The Morgan fingerprint density at radius 3 is 2.41 bits per heavy atom. The van der Waals surface area contributed by atoms with Gasteiger partial charge in [0.25, 0.3) is 5.91 Å². The summed E-state index contributed by atoms with van der Waals surface area (Å²) in [5.41, 5.74) is 0.395. The van der Waals surface area contributed by atoms with E-state index in [-0.39, 0.29) is 17.3 Å². The van der Waals surface area contributed by atoms with Crippen LogP contribution in [0.25, 0.3) is 0 Å². The van der Waals surface area contributed by atoms with Crippen LogP contribution >= 0.6 is 23.4 Å². The van der Waals surface area contributed by atoms with E-state index in [2.05, 4.69) is 10.0 Å². The third-order valence-electron chi connectivity index (χ3n) is 3.91. The summed E-state index contributed by atoms with van der Waals surface area (Å²) in [6.07, 6.45) is 1.48. The fourth-order valence-corrected chi connectivity index (χ4v) is 4.30. The molecule has 0 radical (unpaired) electrons. The number of hydrogen-bond donors (Lipinski definition) is 2. The van der Waals surface area contributed by atoms with Crippen molar-refractivity contribution in [2.24, 2.45) is 0 Å². The number of benzene rings is 2. The summed E-state index contributed by atoms with van der Waals surface area (Å²) in [4.78, 5) is 13.4. The SMILES string of the molecule is O=C(NCCSc1ccc(Cl)cc1)c1ccc(S(=O)(=O)NCc2ccco2)cc1. The standard InChI is InChI=1S/C20H19ClN2O4S2/c21-16-5-7-18(8-6-16)28-13-11-22-20(24)15-3-9-19(10-4-15)29(25,26)23-14-17-2-1-12-27-17/h1-10,12,23H,11,13-14H2,(H,22,24).